The van der Waals surface area contributed by atoms with E-state index in [0.717, 1.165) is 33.0 Å². The zero-order valence-electron chi connectivity index (χ0n) is 5.48. The molecule has 0 bridgehead atoms. The molecule has 0 aliphatic carbocycles. The zero-order valence-corrected chi connectivity index (χ0v) is 12.4. The molecule has 8 heavy (non-hydrogen) atoms. The third-order valence-corrected chi connectivity index (χ3v) is 0. The molecule has 0 saturated heterocycles. The molecule has 0 aliphatic rings. The normalized spacial score (nSPS) is 5.50. The molecular formula is C4H12HgO2P. The molecule has 0 aliphatic heterocycles. The van der Waals surface area contributed by atoms with Gasteiger partial charge in [-0.2, -0.15) is 9.90 Å². The van der Waals surface area contributed by atoms with Gasteiger partial charge in [0.05, 0.1) is 0 Å². The van der Waals surface area contributed by atoms with E-state index in [1.54, 1.807) is 0 Å². The third-order valence-electron chi connectivity index (χ3n) is 0. The first-order valence-corrected chi connectivity index (χ1v) is 6.02. The van der Waals surface area contributed by atoms with Crippen LogP contribution in [0.4, 0.5) is 0 Å². The van der Waals surface area contributed by atoms with Crippen molar-refractivity contribution >= 4 is 15.9 Å². The summed E-state index contributed by atoms with van der Waals surface area (Å²) < 4.78 is 1.44. The van der Waals surface area contributed by atoms with Crippen LogP contribution in [-0.2, 0) is 30.9 Å². The number of rotatable bonds is 0. The van der Waals surface area contributed by atoms with Gasteiger partial charge in [0.15, 0.2) is 0 Å². The van der Waals surface area contributed by atoms with Crippen LogP contribution in [0, 0.1) is 0 Å². The summed E-state index contributed by atoms with van der Waals surface area (Å²) in [6, 6.07) is 0. The molecule has 0 radical (unpaired) electrons. The molecule has 0 fully saturated rings. The predicted molar refractivity (Wildman–Crippen MR) is 34.9 cm³/mol. The SMILES string of the molecule is CC(=O)O.C[CH2][Hg].P. The van der Waals surface area contributed by atoms with Gasteiger partial charge in [-0.15, -0.1) is 0 Å². The smallest absolute Gasteiger partial charge is 0.153 e. The number of hydrogen-bond donors (Lipinski definition) is 1. The number of carboxylic acids is 1. The number of carbonyl (C=O) groups is 1. The van der Waals surface area contributed by atoms with Crippen LogP contribution < -0.4 is 0 Å². The van der Waals surface area contributed by atoms with Gasteiger partial charge >= 0.3 is 37.0 Å². The molecule has 0 aromatic heterocycles. The minimum absolute atomic E-state index is 0. The van der Waals surface area contributed by atoms with Crippen molar-refractivity contribution in [2.24, 2.45) is 0 Å². The molecule has 1 unspecified atom stereocenters. The molecule has 47 valence electrons. The van der Waals surface area contributed by atoms with Gasteiger partial charge in [-0.25, -0.2) is 0 Å². The van der Waals surface area contributed by atoms with Crippen LogP contribution in [0.1, 0.15) is 13.8 Å². The summed E-state index contributed by atoms with van der Waals surface area (Å²) in [4.78, 5) is 9.00. The Morgan fingerprint density at radius 1 is 1.75 bits per heavy atom. The van der Waals surface area contributed by atoms with Gasteiger partial charge in [-0.05, 0) is 0 Å². The fourth-order valence-electron chi connectivity index (χ4n) is 0. The summed E-state index contributed by atoms with van der Waals surface area (Å²) in [5.74, 6) is -0.833. The molecule has 0 aromatic rings. The molecule has 2 nitrogen and oxygen atoms in total. The molecule has 1 N–H and O–H groups in total. The largest absolute Gasteiger partial charge is 0.153 e. The topological polar surface area (TPSA) is 37.3 Å². The number of hydrogen-bond acceptors (Lipinski definition) is 1. The summed E-state index contributed by atoms with van der Waals surface area (Å²) in [6.45, 7) is 3.29. The van der Waals surface area contributed by atoms with Crippen molar-refractivity contribution in [1.29, 1.82) is 0 Å². The molecular weight excluding hydrogens is 312 g/mol. The minimum atomic E-state index is -0.833. The van der Waals surface area contributed by atoms with E-state index in [2.05, 4.69) is 6.92 Å². The molecule has 0 spiro atoms. The molecule has 1 atom stereocenters. The van der Waals surface area contributed by atoms with E-state index in [0.29, 0.717) is 0 Å². The Labute approximate surface area is 69.6 Å². The van der Waals surface area contributed by atoms with Crippen molar-refractivity contribution in [3.8, 4) is 0 Å². The van der Waals surface area contributed by atoms with Crippen LogP contribution >= 0.6 is 9.90 Å². The van der Waals surface area contributed by atoms with Gasteiger partial charge in [-0.3, -0.25) is 4.79 Å². The van der Waals surface area contributed by atoms with Crippen molar-refractivity contribution in [2.45, 2.75) is 17.8 Å². The first-order valence-electron chi connectivity index (χ1n) is 2.13. The Kier molecular flexibility index (Phi) is 31.2. The van der Waals surface area contributed by atoms with Gasteiger partial charge in [-0.1, -0.05) is 0 Å². The summed E-state index contributed by atoms with van der Waals surface area (Å²) >= 11 is 1.07. The standard InChI is InChI=1S/C2H4O2.C2H5.Hg.H3P/c1-2(3)4;1-2;;/h1H3,(H,3,4);1H2,2H3;;1H3. The molecule has 0 heterocycles. The van der Waals surface area contributed by atoms with E-state index in [9.17, 15) is 0 Å². The summed E-state index contributed by atoms with van der Waals surface area (Å²) in [5.41, 5.74) is 0. The van der Waals surface area contributed by atoms with Crippen molar-refractivity contribution in [3.05, 3.63) is 0 Å². The van der Waals surface area contributed by atoms with E-state index >= 15 is 0 Å². The maximum atomic E-state index is 9.00. The van der Waals surface area contributed by atoms with Crippen LogP contribution in [0.25, 0.3) is 0 Å². The van der Waals surface area contributed by atoms with Gasteiger partial charge in [0.1, 0.15) is 0 Å². The van der Waals surface area contributed by atoms with Gasteiger partial charge in [0, 0.05) is 6.92 Å². The van der Waals surface area contributed by atoms with E-state index in [1.807, 2.05) is 0 Å². The molecule has 0 saturated carbocycles. The van der Waals surface area contributed by atoms with E-state index in [1.165, 1.54) is 3.93 Å². The molecule has 0 amide bonds. The molecule has 0 rings (SSSR count). The maximum Gasteiger partial charge on any atom is -0.153 e. The van der Waals surface area contributed by atoms with E-state index < -0.39 is 5.97 Å². The van der Waals surface area contributed by atoms with Crippen molar-refractivity contribution < 1.29 is 36.0 Å². The Hall–Kier alpha value is 0.835. The average molecular weight is 324 g/mol. The van der Waals surface area contributed by atoms with Crippen molar-refractivity contribution in [2.75, 3.05) is 0 Å². The first-order chi connectivity index (χ1) is 3.15. The Balaban J connectivity index is -0.0000000575. The Bertz CT molecular complexity index is 45.3. The van der Waals surface area contributed by atoms with E-state index in [4.69, 9.17) is 9.90 Å². The first kappa shape index (κ1) is 15.9. The maximum absolute atomic E-state index is 9.00. The molecule has 4 heteroatoms. The van der Waals surface area contributed by atoms with Gasteiger partial charge in [0.2, 0.25) is 0 Å². The van der Waals surface area contributed by atoms with Crippen LogP contribution in [0.15, 0.2) is 0 Å². The predicted octanol–water partition coefficient (Wildman–Crippen LogP) is 1.12. The van der Waals surface area contributed by atoms with Crippen molar-refractivity contribution in [1.82, 2.24) is 0 Å². The average Bonchev–Trinajstić information content (AvgIpc) is 1.33. The van der Waals surface area contributed by atoms with Crippen LogP contribution in [0.2, 0.25) is 3.93 Å². The fraction of sp³-hybridized carbons (Fsp3) is 0.750. The second-order valence-corrected chi connectivity index (χ2v) is 4.91. The van der Waals surface area contributed by atoms with Crippen LogP contribution in [-0.4, -0.2) is 11.1 Å². The Morgan fingerprint density at radius 2 is 1.75 bits per heavy atom. The quantitative estimate of drug-likeness (QED) is 0.536. The monoisotopic (exact) mass is 325 g/mol. The minimum Gasteiger partial charge on any atom is -0.153 e. The number of carboxylic acid groups (broad SMARTS) is 1. The third kappa shape index (κ3) is 334. The second-order valence-electron chi connectivity index (χ2n) is 1.02. The Morgan fingerprint density at radius 3 is 1.75 bits per heavy atom. The van der Waals surface area contributed by atoms with Gasteiger partial charge in [0.25, 0.3) is 5.97 Å². The van der Waals surface area contributed by atoms with Gasteiger partial charge < -0.3 is 5.11 Å². The number of aliphatic carboxylic acids is 1. The molecule has 0 aromatic carbocycles. The summed E-state index contributed by atoms with van der Waals surface area (Å²) in [5, 5.41) is 7.42. The summed E-state index contributed by atoms with van der Waals surface area (Å²) in [6.07, 6.45) is 0. The van der Waals surface area contributed by atoms with Crippen LogP contribution in [0.5, 0.6) is 0 Å². The fourth-order valence-corrected chi connectivity index (χ4v) is 0. The second kappa shape index (κ2) is 15.7. The van der Waals surface area contributed by atoms with E-state index in [-0.39, 0.29) is 9.90 Å². The zero-order chi connectivity index (χ0) is 6.28. The van der Waals surface area contributed by atoms with Crippen molar-refractivity contribution in [3.63, 3.8) is 0 Å². The van der Waals surface area contributed by atoms with Crippen LogP contribution in [0.3, 0.4) is 0 Å². The summed E-state index contributed by atoms with van der Waals surface area (Å²) in [7, 11) is 0.